The average Bonchev–Trinajstić information content (AvgIpc) is 3.20. The molecule has 0 unspecified atom stereocenters. The molecule has 2 amide bonds. The molecule has 4 rings (SSSR count). The fraction of sp³-hybridized carbons (Fsp3) is 0.0455. The van der Waals surface area contributed by atoms with Crippen LogP contribution in [-0.2, 0) is 9.59 Å². The summed E-state index contributed by atoms with van der Waals surface area (Å²) in [5, 5.41) is 2.49. The number of nitrogens with zero attached hydrogens (tertiary/aromatic N) is 1. The number of amides is 2. The van der Waals surface area contributed by atoms with E-state index in [1.807, 2.05) is 0 Å². The van der Waals surface area contributed by atoms with Gasteiger partial charge in [0.25, 0.3) is 11.8 Å². The molecule has 0 saturated carbocycles. The number of hydrogen-bond donors (Lipinski definition) is 1. The smallest absolute Gasteiger partial charge is 0.270 e. The molecule has 1 saturated heterocycles. The Morgan fingerprint density at radius 2 is 1.87 bits per heavy atom. The minimum atomic E-state index is -0.626. The summed E-state index contributed by atoms with van der Waals surface area (Å²) in [6.45, 7) is 0. The number of ether oxygens (including phenoxy) is 1. The van der Waals surface area contributed by atoms with Crippen LogP contribution < -0.4 is 15.0 Å². The third-order valence-corrected chi connectivity index (χ3v) is 4.74. The van der Waals surface area contributed by atoms with Gasteiger partial charge in [-0.2, -0.15) is 0 Å². The van der Waals surface area contributed by atoms with E-state index in [1.165, 1.54) is 30.2 Å². The molecule has 1 fully saturated rings. The lowest BCUT2D eigenvalue weighted by molar-refractivity contribution is -0.122. The third-order valence-electron chi connectivity index (χ3n) is 4.45. The Bertz CT molecular complexity index is 1180. The molecule has 30 heavy (non-hydrogen) atoms. The number of furan rings is 1. The third kappa shape index (κ3) is 3.72. The van der Waals surface area contributed by atoms with Gasteiger partial charge in [0.1, 0.15) is 28.7 Å². The zero-order chi connectivity index (χ0) is 21.3. The van der Waals surface area contributed by atoms with Crippen LogP contribution in [0.3, 0.4) is 0 Å². The summed E-state index contributed by atoms with van der Waals surface area (Å²) < 4.78 is 24.2. The fourth-order valence-corrected chi connectivity index (χ4v) is 3.27. The summed E-state index contributed by atoms with van der Waals surface area (Å²) in [6, 6.07) is 15.8. The second-order valence-corrected chi connectivity index (χ2v) is 6.75. The van der Waals surface area contributed by atoms with Crippen molar-refractivity contribution < 1.29 is 23.1 Å². The number of anilines is 1. The quantitative estimate of drug-likeness (QED) is 0.392. The van der Waals surface area contributed by atoms with Crippen molar-refractivity contribution >= 4 is 40.9 Å². The van der Waals surface area contributed by atoms with Gasteiger partial charge in [-0.1, -0.05) is 12.1 Å². The Kier molecular flexibility index (Phi) is 5.16. The van der Waals surface area contributed by atoms with E-state index < -0.39 is 17.6 Å². The summed E-state index contributed by atoms with van der Waals surface area (Å²) in [4.78, 5) is 26.6. The first-order chi connectivity index (χ1) is 14.5. The van der Waals surface area contributed by atoms with Gasteiger partial charge < -0.3 is 9.15 Å². The van der Waals surface area contributed by atoms with Crippen LogP contribution in [0.4, 0.5) is 10.1 Å². The molecule has 0 bridgehead atoms. The highest BCUT2D eigenvalue weighted by Gasteiger charge is 2.34. The molecule has 1 aliphatic heterocycles. The summed E-state index contributed by atoms with van der Waals surface area (Å²) in [7, 11) is 1.54. The molecule has 0 atom stereocenters. The van der Waals surface area contributed by atoms with E-state index in [2.05, 4.69) is 5.32 Å². The molecule has 0 aliphatic carbocycles. The molecule has 3 aromatic rings. The number of benzene rings is 2. The molecule has 0 radical (unpaired) electrons. The lowest BCUT2D eigenvalue weighted by Gasteiger charge is -2.28. The van der Waals surface area contributed by atoms with Crippen molar-refractivity contribution in [3.05, 3.63) is 77.8 Å². The van der Waals surface area contributed by atoms with Crippen molar-refractivity contribution in [1.29, 1.82) is 0 Å². The Balaban J connectivity index is 1.66. The van der Waals surface area contributed by atoms with Crippen molar-refractivity contribution in [2.75, 3.05) is 12.0 Å². The first-order valence-corrected chi connectivity index (χ1v) is 9.28. The van der Waals surface area contributed by atoms with E-state index >= 15 is 0 Å². The van der Waals surface area contributed by atoms with Gasteiger partial charge in [0, 0.05) is 5.56 Å². The van der Waals surface area contributed by atoms with E-state index in [0.717, 1.165) is 0 Å². The van der Waals surface area contributed by atoms with Crippen LogP contribution in [0.15, 0.2) is 70.7 Å². The molecule has 1 N–H and O–H groups in total. The van der Waals surface area contributed by atoms with Crippen molar-refractivity contribution in [3.8, 4) is 17.1 Å². The van der Waals surface area contributed by atoms with Crippen LogP contribution in [0.1, 0.15) is 5.76 Å². The molecule has 2 heterocycles. The number of nitrogens with one attached hydrogen (secondary N) is 1. The number of methoxy groups -OCH3 is 1. The summed E-state index contributed by atoms with van der Waals surface area (Å²) >= 11 is 5.18. The minimum Gasteiger partial charge on any atom is -0.497 e. The largest absolute Gasteiger partial charge is 0.497 e. The Labute approximate surface area is 176 Å². The van der Waals surface area contributed by atoms with Gasteiger partial charge in [-0.05, 0) is 66.8 Å². The topological polar surface area (TPSA) is 71.8 Å². The highest BCUT2D eigenvalue weighted by molar-refractivity contribution is 7.80. The molecule has 8 heteroatoms. The van der Waals surface area contributed by atoms with Crippen LogP contribution in [0, 0.1) is 5.82 Å². The number of halogens is 1. The van der Waals surface area contributed by atoms with Crippen LogP contribution >= 0.6 is 12.2 Å². The van der Waals surface area contributed by atoms with Gasteiger partial charge in [0.15, 0.2) is 5.11 Å². The van der Waals surface area contributed by atoms with E-state index in [1.54, 1.807) is 48.5 Å². The van der Waals surface area contributed by atoms with Gasteiger partial charge >= 0.3 is 0 Å². The van der Waals surface area contributed by atoms with Crippen LogP contribution in [0.25, 0.3) is 17.4 Å². The number of carbonyl (C=O) groups is 2. The molecular weight excluding hydrogens is 407 g/mol. The average molecular weight is 422 g/mol. The standard InChI is InChI=1S/C22H15FN2O4S/c1-28-16-7-5-15(6-8-16)25-21(27)18(20(26)24-22(25)30)12-17-9-10-19(29-17)13-3-2-4-14(23)11-13/h2-12H,1H3,(H,24,26,30)/b18-12-. The van der Waals surface area contributed by atoms with E-state index in [-0.39, 0.29) is 16.4 Å². The number of carbonyl (C=O) groups excluding carboxylic acids is 2. The fourth-order valence-electron chi connectivity index (χ4n) is 2.99. The van der Waals surface area contributed by atoms with Gasteiger partial charge in [0.2, 0.25) is 0 Å². The molecule has 1 aromatic heterocycles. The highest BCUT2D eigenvalue weighted by Crippen LogP contribution is 2.27. The van der Waals surface area contributed by atoms with Crippen molar-refractivity contribution in [2.24, 2.45) is 0 Å². The SMILES string of the molecule is COc1ccc(N2C(=O)/C(=C\c3ccc(-c4cccc(F)c4)o3)C(=O)NC2=S)cc1. The molecule has 1 aliphatic rings. The summed E-state index contributed by atoms with van der Waals surface area (Å²) in [5.41, 5.74) is 0.885. The Morgan fingerprint density at radius 1 is 1.10 bits per heavy atom. The summed E-state index contributed by atoms with van der Waals surface area (Å²) in [6.07, 6.45) is 1.33. The number of thiocarbonyl (C=S) groups is 1. The maximum absolute atomic E-state index is 13.4. The first-order valence-electron chi connectivity index (χ1n) is 8.87. The zero-order valence-electron chi connectivity index (χ0n) is 15.7. The normalized spacial score (nSPS) is 15.5. The number of hydrogen-bond acceptors (Lipinski definition) is 5. The van der Waals surface area contributed by atoms with E-state index in [4.69, 9.17) is 21.4 Å². The lowest BCUT2D eigenvalue weighted by Crippen LogP contribution is -2.54. The van der Waals surface area contributed by atoms with Crippen molar-refractivity contribution in [1.82, 2.24) is 5.32 Å². The zero-order valence-corrected chi connectivity index (χ0v) is 16.5. The predicted molar refractivity (Wildman–Crippen MR) is 113 cm³/mol. The van der Waals surface area contributed by atoms with Gasteiger partial charge in [-0.25, -0.2) is 4.39 Å². The first kappa shape index (κ1) is 19.5. The highest BCUT2D eigenvalue weighted by atomic mass is 32.1. The summed E-state index contributed by atoms with van der Waals surface area (Å²) in [5.74, 6) is -0.303. The minimum absolute atomic E-state index is 0.0211. The van der Waals surface area contributed by atoms with Gasteiger partial charge in [-0.3, -0.25) is 19.8 Å². The van der Waals surface area contributed by atoms with Crippen LogP contribution in [-0.4, -0.2) is 24.0 Å². The van der Waals surface area contributed by atoms with E-state index in [0.29, 0.717) is 22.8 Å². The van der Waals surface area contributed by atoms with Crippen molar-refractivity contribution in [2.45, 2.75) is 0 Å². The van der Waals surface area contributed by atoms with Crippen molar-refractivity contribution in [3.63, 3.8) is 0 Å². The van der Waals surface area contributed by atoms with E-state index in [9.17, 15) is 14.0 Å². The monoisotopic (exact) mass is 422 g/mol. The molecular formula is C22H15FN2O4S. The van der Waals surface area contributed by atoms with Crippen LogP contribution in [0.2, 0.25) is 0 Å². The molecule has 150 valence electrons. The predicted octanol–water partition coefficient (Wildman–Crippen LogP) is 3.93. The Morgan fingerprint density at radius 3 is 2.57 bits per heavy atom. The van der Waals surface area contributed by atoms with Gasteiger partial charge in [-0.15, -0.1) is 0 Å². The second-order valence-electron chi connectivity index (χ2n) is 6.37. The van der Waals surface area contributed by atoms with Gasteiger partial charge in [0.05, 0.1) is 12.8 Å². The lowest BCUT2D eigenvalue weighted by atomic mass is 10.1. The molecule has 6 nitrogen and oxygen atoms in total. The maximum atomic E-state index is 13.4. The maximum Gasteiger partial charge on any atom is 0.270 e. The van der Waals surface area contributed by atoms with Crippen LogP contribution in [0.5, 0.6) is 5.75 Å². The number of rotatable bonds is 4. The Hall–Kier alpha value is -3.78. The molecule has 2 aromatic carbocycles. The molecule has 0 spiro atoms. The second kappa shape index (κ2) is 7.92.